The second-order valence-corrected chi connectivity index (χ2v) is 5.95. The van der Waals surface area contributed by atoms with Gasteiger partial charge in [-0.25, -0.2) is 9.18 Å². The van der Waals surface area contributed by atoms with Crippen molar-refractivity contribution < 1.29 is 18.7 Å². The summed E-state index contributed by atoms with van der Waals surface area (Å²) >= 11 is 0. The van der Waals surface area contributed by atoms with Gasteiger partial charge >= 0.3 is 5.97 Å². The van der Waals surface area contributed by atoms with E-state index in [1.165, 1.54) is 7.11 Å². The van der Waals surface area contributed by atoms with Crippen LogP contribution >= 0.6 is 0 Å². The minimum atomic E-state index is -1.38. The summed E-state index contributed by atoms with van der Waals surface area (Å²) in [4.78, 5) is 13.4. The van der Waals surface area contributed by atoms with Crippen LogP contribution in [0.3, 0.4) is 0 Å². The maximum Gasteiger partial charge on any atom is 0.358 e. The number of aromatic nitrogens is 2. The Bertz CT molecular complexity index is 743. The molecule has 1 saturated heterocycles. The van der Waals surface area contributed by atoms with Crippen LogP contribution in [0.15, 0.2) is 36.4 Å². The maximum absolute atomic E-state index is 15.3. The lowest BCUT2D eigenvalue weighted by Gasteiger charge is -2.37. The Morgan fingerprint density at radius 3 is 2.52 bits per heavy atom. The molecule has 1 aromatic heterocycles. The molecule has 0 unspecified atom stereocenters. The number of methoxy groups -OCH3 is 2. The van der Waals surface area contributed by atoms with E-state index < -0.39 is 11.6 Å². The van der Waals surface area contributed by atoms with Gasteiger partial charge in [0, 0.05) is 25.9 Å². The molecule has 1 aliphatic rings. The zero-order chi connectivity index (χ0) is 17.9. The first-order chi connectivity index (χ1) is 12.1. The SMILES string of the molecule is COC(=O)c1ccc(N2CCC(F)(c3cccc(OC)c3)CC2)nn1. The summed E-state index contributed by atoms with van der Waals surface area (Å²) in [6, 6.07) is 10.4. The summed E-state index contributed by atoms with van der Waals surface area (Å²) in [7, 11) is 2.87. The molecule has 25 heavy (non-hydrogen) atoms. The average molecular weight is 345 g/mol. The van der Waals surface area contributed by atoms with Crippen LogP contribution in [0.1, 0.15) is 28.9 Å². The molecule has 1 fully saturated rings. The van der Waals surface area contributed by atoms with Crippen molar-refractivity contribution in [3.8, 4) is 5.75 Å². The number of rotatable bonds is 4. The average Bonchev–Trinajstić information content (AvgIpc) is 2.68. The third-order valence-electron chi connectivity index (χ3n) is 4.51. The van der Waals surface area contributed by atoms with Gasteiger partial charge in [0.2, 0.25) is 0 Å². The second kappa shape index (κ2) is 7.04. The van der Waals surface area contributed by atoms with Gasteiger partial charge in [0.1, 0.15) is 11.4 Å². The van der Waals surface area contributed by atoms with Crippen LogP contribution in [0.5, 0.6) is 5.75 Å². The molecule has 6 nitrogen and oxygen atoms in total. The maximum atomic E-state index is 15.3. The first-order valence-electron chi connectivity index (χ1n) is 8.06. The van der Waals surface area contributed by atoms with E-state index >= 15 is 4.39 Å². The van der Waals surface area contributed by atoms with Gasteiger partial charge in [-0.3, -0.25) is 0 Å². The number of ether oxygens (including phenoxy) is 2. The number of esters is 1. The number of alkyl halides is 1. The lowest BCUT2D eigenvalue weighted by atomic mass is 9.86. The van der Waals surface area contributed by atoms with Crippen LogP contribution in [0, 0.1) is 0 Å². The number of piperidine rings is 1. The first-order valence-corrected chi connectivity index (χ1v) is 8.06. The summed E-state index contributed by atoms with van der Waals surface area (Å²) < 4.78 is 25.1. The van der Waals surface area contributed by atoms with E-state index in [-0.39, 0.29) is 5.69 Å². The Morgan fingerprint density at radius 1 is 1.16 bits per heavy atom. The number of carbonyl (C=O) groups excluding carboxylic acids is 1. The number of nitrogens with zero attached hydrogens (tertiary/aromatic N) is 3. The van der Waals surface area contributed by atoms with Crippen molar-refractivity contribution in [2.45, 2.75) is 18.5 Å². The molecular formula is C18H20FN3O3. The zero-order valence-corrected chi connectivity index (χ0v) is 14.2. The largest absolute Gasteiger partial charge is 0.497 e. The lowest BCUT2D eigenvalue weighted by molar-refractivity contribution is 0.0592. The Labute approximate surface area is 145 Å². The molecular weight excluding hydrogens is 325 g/mol. The summed E-state index contributed by atoms with van der Waals surface area (Å²) in [6.45, 7) is 1.03. The molecule has 1 aliphatic heterocycles. The molecule has 0 radical (unpaired) electrons. The third-order valence-corrected chi connectivity index (χ3v) is 4.51. The quantitative estimate of drug-likeness (QED) is 0.794. The molecule has 2 aromatic rings. The van der Waals surface area contributed by atoms with E-state index in [1.54, 1.807) is 43.5 Å². The minimum absolute atomic E-state index is 0.152. The number of hydrogen-bond donors (Lipinski definition) is 0. The Kier molecular flexibility index (Phi) is 4.83. The van der Waals surface area contributed by atoms with Crippen LogP contribution < -0.4 is 9.64 Å². The van der Waals surface area contributed by atoms with Crippen LogP contribution in [-0.4, -0.2) is 43.5 Å². The summed E-state index contributed by atoms with van der Waals surface area (Å²) in [5.74, 6) is 0.750. The fourth-order valence-electron chi connectivity index (χ4n) is 2.99. The Morgan fingerprint density at radius 2 is 1.92 bits per heavy atom. The van der Waals surface area contributed by atoms with E-state index in [0.717, 1.165) is 0 Å². The second-order valence-electron chi connectivity index (χ2n) is 5.95. The van der Waals surface area contributed by atoms with Gasteiger partial charge in [-0.2, -0.15) is 0 Å². The highest BCUT2D eigenvalue weighted by atomic mass is 19.1. The van der Waals surface area contributed by atoms with Crippen molar-refractivity contribution in [3.05, 3.63) is 47.7 Å². The van der Waals surface area contributed by atoms with Crippen molar-refractivity contribution in [1.29, 1.82) is 0 Å². The fourth-order valence-corrected chi connectivity index (χ4v) is 2.99. The molecule has 2 heterocycles. The normalized spacial score (nSPS) is 16.4. The Hall–Kier alpha value is -2.70. The summed E-state index contributed by atoms with van der Waals surface area (Å²) in [5, 5.41) is 7.92. The van der Waals surface area contributed by atoms with E-state index in [2.05, 4.69) is 14.9 Å². The van der Waals surface area contributed by atoms with Crippen LogP contribution in [0.25, 0.3) is 0 Å². The number of benzene rings is 1. The molecule has 0 aliphatic carbocycles. The molecule has 0 atom stereocenters. The van der Waals surface area contributed by atoms with Crippen LogP contribution in [0.2, 0.25) is 0 Å². The topological polar surface area (TPSA) is 64.5 Å². The number of carbonyl (C=O) groups is 1. The van der Waals surface area contributed by atoms with Gasteiger partial charge in [0.25, 0.3) is 0 Å². The number of anilines is 1. The molecule has 0 bridgehead atoms. The van der Waals surface area contributed by atoms with Gasteiger partial charge in [-0.05, 0) is 29.8 Å². The van der Waals surface area contributed by atoms with Gasteiger partial charge < -0.3 is 14.4 Å². The molecule has 1 aromatic carbocycles. The highest BCUT2D eigenvalue weighted by molar-refractivity contribution is 5.86. The van der Waals surface area contributed by atoms with Crippen LogP contribution in [-0.2, 0) is 10.4 Å². The monoisotopic (exact) mass is 345 g/mol. The molecule has 0 amide bonds. The number of hydrogen-bond acceptors (Lipinski definition) is 6. The number of halogens is 1. The molecule has 132 valence electrons. The van der Waals surface area contributed by atoms with E-state index in [9.17, 15) is 4.79 Å². The minimum Gasteiger partial charge on any atom is -0.497 e. The van der Waals surface area contributed by atoms with Crippen molar-refractivity contribution in [2.75, 3.05) is 32.2 Å². The molecule has 0 saturated carbocycles. The Balaban J connectivity index is 1.69. The van der Waals surface area contributed by atoms with Gasteiger partial charge in [-0.15, -0.1) is 10.2 Å². The molecule has 0 N–H and O–H groups in total. The standard InChI is InChI=1S/C18H20FN3O3/c1-24-14-5-3-4-13(12-14)18(19)8-10-22(11-9-18)16-7-6-15(20-21-16)17(23)25-2/h3-7,12H,8-11H2,1-2H3. The molecule has 7 heteroatoms. The van der Waals surface area contributed by atoms with Crippen molar-refractivity contribution in [3.63, 3.8) is 0 Å². The predicted octanol–water partition coefficient (Wildman–Crippen LogP) is 2.74. The van der Waals surface area contributed by atoms with E-state index in [0.29, 0.717) is 43.1 Å². The molecule has 3 rings (SSSR count). The first kappa shape index (κ1) is 17.1. The predicted molar refractivity (Wildman–Crippen MR) is 90.6 cm³/mol. The van der Waals surface area contributed by atoms with Crippen molar-refractivity contribution in [2.24, 2.45) is 0 Å². The fraction of sp³-hybridized carbons (Fsp3) is 0.389. The van der Waals surface area contributed by atoms with Gasteiger partial charge in [0.05, 0.1) is 14.2 Å². The lowest BCUT2D eigenvalue weighted by Crippen LogP contribution is -2.40. The van der Waals surface area contributed by atoms with E-state index in [4.69, 9.17) is 4.74 Å². The zero-order valence-electron chi connectivity index (χ0n) is 14.2. The molecule has 0 spiro atoms. The third kappa shape index (κ3) is 3.55. The summed E-state index contributed by atoms with van der Waals surface area (Å²) in [5.41, 5.74) is -0.595. The van der Waals surface area contributed by atoms with Gasteiger partial charge in [-0.1, -0.05) is 12.1 Å². The summed E-state index contributed by atoms with van der Waals surface area (Å²) in [6.07, 6.45) is 0.696. The smallest absolute Gasteiger partial charge is 0.358 e. The highest BCUT2D eigenvalue weighted by Crippen LogP contribution is 2.38. The van der Waals surface area contributed by atoms with Crippen LogP contribution in [0.4, 0.5) is 10.2 Å². The highest BCUT2D eigenvalue weighted by Gasteiger charge is 2.37. The van der Waals surface area contributed by atoms with Gasteiger partial charge in [0.15, 0.2) is 11.5 Å². The van der Waals surface area contributed by atoms with Crippen molar-refractivity contribution in [1.82, 2.24) is 10.2 Å². The van der Waals surface area contributed by atoms with Crippen molar-refractivity contribution >= 4 is 11.8 Å². The van der Waals surface area contributed by atoms with E-state index in [1.807, 2.05) is 4.90 Å².